The van der Waals surface area contributed by atoms with Crippen molar-refractivity contribution in [2.24, 2.45) is 17.8 Å². The van der Waals surface area contributed by atoms with Gasteiger partial charge in [0.15, 0.2) is 0 Å². The van der Waals surface area contributed by atoms with Crippen LogP contribution in [0, 0.1) is 29.1 Å². The van der Waals surface area contributed by atoms with Gasteiger partial charge in [0.1, 0.15) is 12.4 Å². The SMILES string of the molecule is CC1CC(C#N)C[C@H]1CCCc1ccc(C(=O)OCCN2CCOCC2)o1. The van der Waals surface area contributed by atoms with E-state index in [0.29, 0.717) is 18.4 Å². The number of rotatable bonds is 8. The van der Waals surface area contributed by atoms with Gasteiger partial charge in [-0.25, -0.2) is 4.79 Å². The van der Waals surface area contributed by atoms with Gasteiger partial charge in [-0.1, -0.05) is 6.92 Å². The van der Waals surface area contributed by atoms with Crippen LogP contribution >= 0.6 is 0 Å². The molecule has 1 aromatic rings. The first-order chi connectivity index (χ1) is 13.2. The summed E-state index contributed by atoms with van der Waals surface area (Å²) in [5.74, 6) is 2.21. The van der Waals surface area contributed by atoms with Crippen molar-refractivity contribution in [1.29, 1.82) is 5.26 Å². The second-order valence-electron chi connectivity index (χ2n) is 7.78. The quantitative estimate of drug-likeness (QED) is 0.650. The van der Waals surface area contributed by atoms with Crippen LogP contribution in [0.2, 0.25) is 0 Å². The summed E-state index contributed by atoms with van der Waals surface area (Å²) in [5, 5.41) is 9.08. The molecule has 1 aromatic heterocycles. The molecule has 6 nitrogen and oxygen atoms in total. The Labute approximate surface area is 161 Å². The van der Waals surface area contributed by atoms with Crippen molar-refractivity contribution < 1.29 is 18.7 Å². The number of aryl methyl sites for hydroxylation is 1. The number of furan rings is 1. The second kappa shape index (κ2) is 9.91. The molecule has 3 rings (SSSR count). The number of carbonyl (C=O) groups is 1. The Morgan fingerprint density at radius 2 is 2.15 bits per heavy atom. The fourth-order valence-electron chi connectivity index (χ4n) is 4.17. The van der Waals surface area contributed by atoms with E-state index in [1.54, 1.807) is 6.07 Å². The zero-order chi connectivity index (χ0) is 19.1. The number of nitriles is 1. The molecule has 27 heavy (non-hydrogen) atoms. The Balaban J connectivity index is 1.35. The van der Waals surface area contributed by atoms with Gasteiger partial charge in [0, 0.05) is 32.0 Å². The average Bonchev–Trinajstić information content (AvgIpc) is 3.29. The van der Waals surface area contributed by atoms with Gasteiger partial charge >= 0.3 is 5.97 Å². The first kappa shape index (κ1) is 19.9. The molecule has 2 heterocycles. The average molecular weight is 374 g/mol. The van der Waals surface area contributed by atoms with Gasteiger partial charge in [-0.15, -0.1) is 0 Å². The van der Waals surface area contributed by atoms with Crippen LogP contribution in [0.25, 0.3) is 0 Å². The third kappa shape index (κ3) is 5.82. The lowest BCUT2D eigenvalue weighted by Crippen LogP contribution is -2.38. The molecule has 1 saturated carbocycles. The van der Waals surface area contributed by atoms with E-state index in [1.165, 1.54) is 0 Å². The number of nitrogens with zero attached hydrogens (tertiary/aromatic N) is 2. The fraction of sp³-hybridized carbons (Fsp3) is 0.714. The molecule has 2 fully saturated rings. The molecular weight excluding hydrogens is 344 g/mol. The number of carbonyl (C=O) groups excluding carboxylic acids is 1. The van der Waals surface area contributed by atoms with E-state index in [0.717, 1.165) is 70.7 Å². The molecule has 0 aromatic carbocycles. The van der Waals surface area contributed by atoms with Crippen molar-refractivity contribution in [2.45, 2.75) is 39.0 Å². The monoisotopic (exact) mass is 374 g/mol. The number of esters is 1. The van der Waals surface area contributed by atoms with Crippen LogP contribution in [0.5, 0.6) is 0 Å². The molecular formula is C21H30N2O4. The van der Waals surface area contributed by atoms with Crippen molar-refractivity contribution in [3.8, 4) is 6.07 Å². The van der Waals surface area contributed by atoms with E-state index in [9.17, 15) is 4.79 Å². The molecule has 0 radical (unpaired) electrons. The summed E-state index contributed by atoms with van der Waals surface area (Å²) in [6.07, 6.45) is 5.01. The van der Waals surface area contributed by atoms with E-state index < -0.39 is 5.97 Å². The summed E-state index contributed by atoms with van der Waals surface area (Å²) in [6, 6.07) is 5.98. The molecule has 6 heteroatoms. The van der Waals surface area contributed by atoms with Gasteiger partial charge in [-0.05, 0) is 49.7 Å². The smallest absolute Gasteiger partial charge is 0.374 e. The van der Waals surface area contributed by atoms with Crippen LogP contribution in [0.4, 0.5) is 0 Å². The van der Waals surface area contributed by atoms with Gasteiger partial charge in [-0.2, -0.15) is 5.26 Å². The third-order valence-electron chi connectivity index (χ3n) is 5.84. The number of ether oxygens (including phenoxy) is 2. The van der Waals surface area contributed by atoms with Gasteiger partial charge < -0.3 is 13.9 Å². The summed E-state index contributed by atoms with van der Waals surface area (Å²) in [5.41, 5.74) is 0. The predicted molar refractivity (Wildman–Crippen MR) is 100 cm³/mol. The van der Waals surface area contributed by atoms with Gasteiger partial charge in [-0.3, -0.25) is 4.90 Å². The van der Waals surface area contributed by atoms with E-state index >= 15 is 0 Å². The first-order valence-electron chi connectivity index (χ1n) is 10.1. The summed E-state index contributed by atoms with van der Waals surface area (Å²) >= 11 is 0. The van der Waals surface area contributed by atoms with Crippen LogP contribution in [0.15, 0.2) is 16.5 Å². The number of morpholine rings is 1. The Kier molecular flexibility index (Phi) is 7.31. The maximum Gasteiger partial charge on any atom is 0.374 e. The Bertz CT molecular complexity index is 645. The Morgan fingerprint density at radius 3 is 2.89 bits per heavy atom. The molecule has 0 bridgehead atoms. The lowest BCUT2D eigenvalue weighted by atomic mass is 9.92. The van der Waals surface area contributed by atoms with Gasteiger partial charge in [0.2, 0.25) is 5.76 Å². The Hall–Kier alpha value is -1.84. The van der Waals surface area contributed by atoms with Crippen LogP contribution in [-0.2, 0) is 15.9 Å². The minimum absolute atomic E-state index is 0.229. The zero-order valence-electron chi connectivity index (χ0n) is 16.2. The highest BCUT2D eigenvalue weighted by Gasteiger charge is 2.30. The highest BCUT2D eigenvalue weighted by atomic mass is 16.5. The van der Waals surface area contributed by atoms with Crippen LogP contribution in [0.1, 0.15) is 48.9 Å². The van der Waals surface area contributed by atoms with Crippen molar-refractivity contribution in [1.82, 2.24) is 4.90 Å². The minimum Gasteiger partial charge on any atom is -0.458 e. The highest BCUT2D eigenvalue weighted by Crippen LogP contribution is 2.38. The topological polar surface area (TPSA) is 75.7 Å². The summed E-state index contributed by atoms with van der Waals surface area (Å²) < 4.78 is 16.3. The van der Waals surface area contributed by atoms with E-state index in [1.807, 2.05) is 6.07 Å². The van der Waals surface area contributed by atoms with Crippen LogP contribution < -0.4 is 0 Å². The van der Waals surface area contributed by atoms with Crippen LogP contribution in [0.3, 0.4) is 0 Å². The van der Waals surface area contributed by atoms with Gasteiger partial charge in [0.05, 0.1) is 19.3 Å². The molecule has 0 amide bonds. The Morgan fingerprint density at radius 1 is 1.33 bits per heavy atom. The van der Waals surface area contributed by atoms with Crippen molar-refractivity contribution in [2.75, 3.05) is 39.5 Å². The molecule has 1 aliphatic carbocycles. The molecule has 148 valence electrons. The lowest BCUT2D eigenvalue weighted by molar-refractivity contribution is 0.0181. The molecule has 1 saturated heterocycles. The van der Waals surface area contributed by atoms with Crippen molar-refractivity contribution in [3.63, 3.8) is 0 Å². The minimum atomic E-state index is -0.393. The predicted octanol–water partition coefficient (Wildman–Crippen LogP) is 3.28. The standard InChI is InChI=1S/C21H30N2O4/c1-16-13-17(15-22)14-18(16)3-2-4-19-5-6-20(27-19)21(24)26-12-9-23-7-10-25-11-8-23/h5-6,16-18H,2-4,7-14H2,1H3/t16?,17?,18-/m1/s1. The zero-order valence-corrected chi connectivity index (χ0v) is 16.2. The van der Waals surface area contributed by atoms with Gasteiger partial charge in [0.25, 0.3) is 0 Å². The van der Waals surface area contributed by atoms with Crippen molar-refractivity contribution >= 4 is 5.97 Å². The summed E-state index contributed by atoms with van der Waals surface area (Å²) in [4.78, 5) is 14.3. The normalized spacial score (nSPS) is 26.0. The third-order valence-corrected chi connectivity index (χ3v) is 5.84. The fourth-order valence-corrected chi connectivity index (χ4v) is 4.17. The maximum absolute atomic E-state index is 12.1. The van der Waals surface area contributed by atoms with Crippen LogP contribution in [-0.4, -0.2) is 50.3 Å². The molecule has 0 N–H and O–H groups in total. The number of hydrogen-bond acceptors (Lipinski definition) is 6. The van der Waals surface area contributed by atoms with E-state index in [-0.39, 0.29) is 11.7 Å². The number of hydrogen-bond donors (Lipinski definition) is 0. The largest absolute Gasteiger partial charge is 0.458 e. The lowest BCUT2D eigenvalue weighted by Gasteiger charge is -2.25. The molecule has 2 aliphatic rings. The summed E-state index contributed by atoms with van der Waals surface area (Å²) in [6.45, 7) is 6.60. The summed E-state index contributed by atoms with van der Waals surface area (Å²) in [7, 11) is 0. The van der Waals surface area contributed by atoms with E-state index in [2.05, 4.69) is 17.9 Å². The molecule has 1 aliphatic heterocycles. The first-order valence-corrected chi connectivity index (χ1v) is 10.1. The van der Waals surface area contributed by atoms with E-state index in [4.69, 9.17) is 19.2 Å². The highest BCUT2D eigenvalue weighted by molar-refractivity contribution is 5.86. The second-order valence-corrected chi connectivity index (χ2v) is 7.78. The van der Waals surface area contributed by atoms with Crippen molar-refractivity contribution in [3.05, 3.63) is 23.7 Å². The molecule has 2 unspecified atom stereocenters. The maximum atomic E-state index is 12.1. The molecule has 0 spiro atoms. The molecule has 3 atom stereocenters.